The van der Waals surface area contributed by atoms with Gasteiger partial charge in [-0.25, -0.2) is 8.78 Å². The molecule has 3 unspecified atom stereocenters. The molecule has 0 heterocycles. The van der Waals surface area contributed by atoms with Crippen LogP contribution in [0.25, 0.3) is 0 Å². The molecule has 0 aromatic carbocycles. The topological polar surface area (TPSA) is 0 Å². The Kier molecular flexibility index (Phi) is 3.31. The van der Waals surface area contributed by atoms with Gasteiger partial charge in [0.2, 0.25) is 0 Å². The molecule has 0 bridgehead atoms. The first kappa shape index (κ1) is 10.9. The predicted molar refractivity (Wildman–Crippen MR) is 51.2 cm³/mol. The standard InChI is InChI=1S/C11H20F2/c1-4-8-6-5-7-9(12)10(8)11(2,3)13/h8-10H,4-7H2,1-3H3. The maximum absolute atomic E-state index is 13.7. The molecular weight excluding hydrogens is 170 g/mol. The molecule has 0 spiro atoms. The van der Waals surface area contributed by atoms with Crippen LogP contribution in [0.1, 0.15) is 46.5 Å². The fourth-order valence-electron chi connectivity index (χ4n) is 2.68. The molecule has 13 heavy (non-hydrogen) atoms. The lowest BCUT2D eigenvalue weighted by molar-refractivity contribution is -0.0121. The van der Waals surface area contributed by atoms with Crippen LogP contribution in [-0.4, -0.2) is 11.8 Å². The molecule has 0 aromatic heterocycles. The normalized spacial score (nSPS) is 36.2. The zero-order valence-corrected chi connectivity index (χ0v) is 8.82. The molecule has 0 aliphatic heterocycles. The summed E-state index contributed by atoms with van der Waals surface area (Å²) in [7, 11) is 0. The van der Waals surface area contributed by atoms with Crippen molar-refractivity contribution < 1.29 is 8.78 Å². The van der Waals surface area contributed by atoms with Gasteiger partial charge in [-0.05, 0) is 32.6 Å². The minimum atomic E-state index is -1.36. The molecule has 1 aliphatic carbocycles. The Morgan fingerprint density at radius 2 is 1.92 bits per heavy atom. The molecule has 1 fully saturated rings. The number of hydrogen-bond donors (Lipinski definition) is 0. The summed E-state index contributed by atoms with van der Waals surface area (Å²) < 4.78 is 27.3. The van der Waals surface area contributed by atoms with Crippen LogP contribution in [-0.2, 0) is 0 Å². The second-order valence-corrected chi connectivity index (χ2v) is 4.71. The number of rotatable bonds is 2. The van der Waals surface area contributed by atoms with E-state index >= 15 is 0 Å². The van der Waals surface area contributed by atoms with Crippen LogP contribution >= 0.6 is 0 Å². The zero-order valence-electron chi connectivity index (χ0n) is 8.82. The first-order valence-electron chi connectivity index (χ1n) is 5.29. The molecule has 0 saturated heterocycles. The lowest BCUT2D eigenvalue weighted by Crippen LogP contribution is -2.41. The first-order chi connectivity index (χ1) is 5.96. The highest BCUT2D eigenvalue weighted by Crippen LogP contribution is 2.42. The molecule has 0 N–H and O–H groups in total. The predicted octanol–water partition coefficient (Wildman–Crippen LogP) is 3.90. The van der Waals surface area contributed by atoms with Crippen LogP contribution in [0.5, 0.6) is 0 Å². The molecule has 2 heteroatoms. The van der Waals surface area contributed by atoms with E-state index in [1.165, 1.54) is 13.8 Å². The Balaban J connectivity index is 2.73. The summed E-state index contributed by atoms with van der Waals surface area (Å²) in [6.45, 7) is 5.05. The van der Waals surface area contributed by atoms with Gasteiger partial charge in [0, 0.05) is 5.92 Å². The molecule has 1 aliphatic rings. The van der Waals surface area contributed by atoms with E-state index in [2.05, 4.69) is 0 Å². The van der Waals surface area contributed by atoms with E-state index in [1.54, 1.807) is 0 Å². The average molecular weight is 190 g/mol. The maximum atomic E-state index is 13.7. The fraction of sp³-hybridized carbons (Fsp3) is 1.00. The fourth-order valence-corrected chi connectivity index (χ4v) is 2.68. The minimum Gasteiger partial charge on any atom is -0.247 e. The van der Waals surface area contributed by atoms with Crippen molar-refractivity contribution in [2.75, 3.05) is 0 Å². The Labute approximate surface area is 79.7 Å². The number of hydrogen-bond acceptors (Lipinski definition) is 0. The van der Waals surface area contributed by atoms with Crippen LogP contribution in [0.15, 0.2) is 0 Å². The molecule has 0 radical (unpaired) electrons. The van der Waals surface area contributed by atoms with Gasteiger partial charge in [-0.2, -0.15) is 0 Å². The van der Waals surface area contributed by atoms with Crippen molar-refractivity contribution in [3.63, 3.8) is 0 Å². The molecule has 78 valence electrons. The van der Waals surface area contributed by atoms with Gasteiger partial charge in [-0.1, -0.05) is 19.8 Å². The van der Waals surface area contributed by atoms with Crippen molar-refractivity contribution in [1.82, 2.24) is 0 Å². The quantitative estimate of drug-likeness (QED) is 0.619. The highest BCUT2D eigenvalue weighted by atomic mass is 19.2. The SMILES string of the molecule is CCC1CCCC(F)C1C(C)(C)F. The summed E-state index contributed by atoms with van der Waals surface area (Å²) in [4.78, 5) is 0. The molecule has 0 amide bonds. The van der Waals surface area contributed by atoms with Crippen LogP contribution in [0, 0.1) is 11.8 Å². The largest absolute Gasteiger partial charge is 0.247 e. The summed E-state index contributed by atoms with van der Waals surface area (Å²) in [6, 6.07) is 0. The Bertz CT molecular complexity index is 160. The lowest BCUT2D eigenvalue weighted by atomic mass is 9.70. The lowest BCUT2D eigenvalue weighted by Gasteiger charge is -2.39. The second-order valence-electron chi connectivity index (χ2n) is 4.71. The summed E-state index contributed by atoms with van der Waals surface area (Å²) in [5.41, 5.74) is -1.36. The van der Waals surface area contributed by atoms with E-state index < -0.39 is 11.8 Å². The number of alkyl halides is 2. The van der Waals surface area contributed by atoms with E-state index in [0.717, 1.165) is 19.3 Å². The maximum Gasteiger partial charge on any atom is 0.111 e. The van der Waals surface area contributed by atoms with Crippen LogP contribution < -0.4 is 0 Å². The van der Waals surface area contributed by atoms with E-state index in [-0.39, 0.29) is 11.8 Å². The summed E-state index contributed by atoms with van der Waals surface area (Å²) in [6.07, 6.45) is 2.44. The van der Waals surface area contributed by atoms with Gasteiger partial charge < -0.3 is 0 Å². The van der Waals surface area contributed by atoms with Gasteiger partial charge in [0.1, 0.15) is 11.8 Å². The monoisotopic (exact) mass is 190 g/mol. The molecule has 1 rings (SSSR count). The second kappa shape index (κ2) is 3.93. The highest BCUT2D eigenvalue weighted by molar-refractivity contribution is 4.91. The van der Waals surface area contributed by atoms with Crippen LogP contribution in [0.3, 0.4) is 0 Å². The third-order valence-electron chi connectivity index (χ3n) is 3.27. The van der Waals surface area contributed by atoms with Crippen LogP contribution in [0.2, 0.25) is 0 Å². The Hall–Kier alpha value is -0.140. The van der Waals surface area contributed by atoms with E-state index in [0.29, 0.717) is 6.42 Å². The van der Waals surface area contributed by atoms with Gasteiger partial charge in [0.15, 0.2) is 0 Å². The van der Waals surface area contributed by atoms with Gasteiger partial charge in [0.05, 0.1) is 0 Å². The molecule has 0 nitrogen and oxygen atoms in total. The summed E-state index contributed by atoms with van der Waals surface area (Å²) in [5.74, 6) is -0.144. The van der Waals surface area contributed by atoms with E-state index in [4.69, 9.17) is 0 Å². The Morgan fingerprint density at radius 3 is 2.31 bits per heavy atom. The summed E-state index contributed by atoms with van der Waals surface area (Å²) >= 11 is 0. The van der Waals surface area contributed by atoms with E-state index in [1.807, 2.05) is 6.92 Å². The van der Waals surface area contributed by atoms with Crippen LogP contribution in [0.4, 0.5) is 8.78 Å². The van der Waals surface area contributed by atoms with Crippen molar-refractivity contribution in [2.24, 2.45) is 11.8 Å². The number of halogens is 2. The highest BCUT2D eigenvalue weighted by Gasteiger charge is 2.42. The van der Waals surface area contributed by atoms with E-state index in [9.17, 15) is 8.78 Å². The van der Waals surface area contributed by atoms with Crippen molar-refractivity contribution in [2.45, 2.75) is 58.3 Å². The smallest absolute Gasteiger partial charge is 0.111 e. The van der Waals surface area contributed by atoms with Gasteiger partial charge >= 0.3 is 0 Å². The molecule has 0 aromatic rings. The van der Waals surface area contributed by atoms with Crippen molar-refractivity contribution >= 4 is 0 Å². The van der Waals surface area contributed by atoms with Crippen molar-refractivity contribution in [1.29, 1.82) is 0 Å². The van der Waals surface area contributed by atoms with Gasteiger partial charge in [-0.15, -0.1) is 0 Å². The third kappa shape index (κ3) is 2.41. The minimum absolute atomic E-state index is 0.240. The molecular formula is C11H20F2. The van der Waals surface area contributed by atoms with Gasteiger partial charge in [0.25, 0.3) is 0 Å². The van der Waals surface area contributed by atoms with Crippen molar-refractivity contribution in [3.05, 3.63) is 0 Å². The summed E-state index contributed by atoms with van der Waals surface area (Å²) in [5, 5.41) is 0. The average Bonchev–Trinajstić information content (AvgIpc) is 2.01. The zero-order chi connectivity index (χ0) is 10.1. The third-order valence-corrected chi connectivity index (χ3v) is 3.27. The first-order valence-corrected chi connectivity index (χ1v) is 5.29. The molecule has 1 saturated carbocycles. The van der Waals surface area contributed by atoms with Gasteiger partial charge in [-0.3, -0.25) is 0 Å². The Morgan fingerprint density at radius 1 is 1.31 bits per heavy atom. The van der Waals surface area contributed by atoms with Crippen molar-refractivity contribution in [3.8, 4) is 0 Å². The molecule has 3 atom stereocenters.